The molecule has 3 nitrogen and oxygen atoms in total. The molecule has 0 saturated heterocycles. The molecule has 1 amide bonds. The highest BCUT2D eigenvalue weighted by Gasteiger charge is 2.13. The summed E-state index contributed by atoms with van der Waals surface area (Å²) in [6.45, 7) is 2.14. The van der Waals surface area contributed by atoms with Gasteiger partial charge in [0.25, 0.3) is 5.91 Å². The van der Waals surface area contributed by atoms with E-state index in [9.17, 15) is 9.18 Å². The average Bonchev–Trinajstić information content (AvgIpc) is 2.28. The van der Waals surface area contributed by atoms with E-state index in [1.165, 1.54) is 23.1 Å². The van der Waals surface area contributed by atoms with Crippen LogP contribution in [-0.4, -0.2) is 35.6 Å². The van der Waals surface area contributed by atoms with Gasteiger partial charge in [0.2, 0.25) is 0 Å². The Morgan fingerprint density at radius 2 is 2.24 bits per heavy atom. The van der Waals surface area contributed by atoms with Gasteiger partial charge >= 0.3 is 0 Å². The molecule has 0 heterocycles. The molecule has 0 aliphatic heterocycles. The lowest BCUT2D eigenvalue weighted by Gasteiger charge is -2.18. The van der Waals surface area contributed by atoms with Crippen molar-refractivity contribution in [3.63, 3.8) is 0 Å². The van der Waals surface area contributed by atoms with E-state index in [1.807, 2.05) is 0 Å². The van der Waals surface area contributed by atoms with Gasteiger partial charge in [-0.05, 0) is 47.5 Å². The van der Waals surface area contributed by atoms with Crippen molar-refractivity contribution in [2.24, 2.45) is 0 Å². The summed E-state index contributed by atoms with van der Waals surface area (Å²) in [5, 5.41) is 9.14. The van der Waals surface area contributed by atoms with Gasteiger partial charge in [-0.25, -0.2) is 4.39 Å². The van der Waals surface area contributed by atoms with Crippen LogP contribution in [0.15, 0.2) is 22.7 Å². The largest absolute Gasteiger partial charge is 0.393 e. The second kappa shape index (κ2) is 6.12. The molecule has 0 aliphatic carbocycles. The van der Waals surface area contributed by atoms with Gasteiger partial charge in [0, 0.05) is 19.2 Å². The van der Waals surface area contributed by atoms with E-state index >= 15 is 0 Å². The van der Waals surface area contributed by atoms with Gasteiger partial charge in [-0.3, -0.25) is 4.79 Å². The first-order chi connectivity index (χ1) is 7.91. The lowest BCUT2D eigenvalue weighted by Crippen LogP contribution is -2.29. The number of nitrogens with zero attached hydrogens (tertiary/aromatic N) is 1. The molecular weight excluding hydrogens is 289 g/mol. The van der Waals surface area contributed by atoms with Gasteiger partial charge in [0.15, 0.2) is 0 Å². The number of carbonyl (C=O) groups excluding carboxylic acids is 1. The first kappa shape index (κ1) is 14.1. The molecule has 0 aromatic heterocycles. The molecular formula is C12H15BrFNO2. The maximum absolute atomic E-state index is 13.0. The van der Waals surface area contributed by atoms with E-state index < -0.39 is 11.9 Å². The van der Waals surface area contributed by atoms with E-state index in [2.05, 4.69) is 15.9 Å². The predicted octanol–water partition coefficient (Wildman–Crippen LogP) is 2.43. The Morgan fingerprint density at radius 3 is 2.76 bits per heavy atom. The van der Waals surface area contributed by atoms with E-state index in [-0.39, 0.29) is 10.4 Å². The monoisotopic (exact) mass is 303 g/mol. The first-order valence-corrected chi connectivity index (χ1v) is 6.09. The molecule has 1 aromatic rings. The lowest BCUT2D eigenvalue weighted by molar-refractivity contribution is 0.0769. The minimum Gasteiger partial charge on any atom is -0.393 e. The Balaban J connectivity index is 2.71. The summed E-state index contributed by atoms with van der Waals surface area (Å²) in [7, 11) is 1.65. The van der Waals surface area contributed by atoms with Crippen molar-refractivity contribution >= 4 is 21.8 Å². The standard InChI is InChI=1S/C12H15BrFNO2/c1-8(16)5-6-15(2)12(17)9-3-4-11(14)10(13)7-9/h3-4,7-8,16H,5-6H2,1-2H3. The number of rotatable bonds is 4. The highest BCUT2D eigenvalue weighted by molar-refractivity contribution is 9.10. The Morgan fingerprint density at radius 1 is 1.59 bits per heavy atom. The molecule has 1 rings (SSSR count). The second-order valence-corrected chi connectivity index (χ2v) is 4.85. The number of hydrogen-bond acceptors (Lipinski definition) is 2. The summed E-state index contributed by atoms with van der Waals surface area (Å²) in [5.41, 5.74) is 0.423. The summed E-state index contributed by atoms with van der Waals surface area (Å²) in [6.07, 6.45) is 0.0788. The fourth-order valence-corrected chi connectivity index (χ4v) is 1.71. The van der Waals surface area contributed by atoms with Gasteiger partial charge in [0.1, 0.15) is 5.82 Å². The number of hydrogen-bond donors (Lipinski definition) is 1. The third-order valence-corrected chi connectivity index (χ3v) is 3.00. The molecule has 1 aromatic carbocycles. The third kappa shape index (κ3) is 4.09. The molecule has 0 radical (unpaired) electrons. The maximum atomic E-state index is 13.0. The summed E-state index contributed by atoms with van der Waals surface area (Å²) in [5.74, 6) is -0.584. The SMILES string of the molecule is CC(O)CCN(C)C(=O)c1ccc(F)c(Br)c1. The fourth-order valence-electron chi connectivity index (χ4n) is 1.33. The minimum absolute atomic E-state index is 0.189. The molecule has 0 fully saturated rings. The minimum atomic E-state index is -0.440. The highest BCUT2D eigenvalue weighted by Crippen LogP contribution is 2.17. The van der Waals surface area contributed by atoms with Crippen LogP contribution < -0.4 is 0 Å². The van der Waals surface area contributed by atoms with Crippen molar-refractivity contribution in [2.45, 2.75) is 19.4 Å². The third-order valence-electron chi connectivity index (χ3n) is 2.40. The van der Waals surface area contributed by atoms with Crippen molar-refractivity contribution in [2.75, 3.05) is 13.6 Å². The summed E-state index contributed by atoms with van der Waals surface area (Å²) < 4.78 is 13.3. The van der Waals surface area contributed by atoms with Crippen LogP contribution in [0, 0.1) is 5.82 Å². The molecule has 5 heteroatoms. The normalized spacial score (nSPS) is 12.3. The summed E-state index contributed by atoms with van der Waals surface area (Å²) in [6, 6.07) is 4.15. The van der Waals surface area contributed by atoms with Crippen LogP contribution in [0.25, 0.3) is 0 Å². The van der Waals surface area contributed by atoms with E-state index in [0.29, 0.717) is 18.5 Å². The topological polar surface area (TPSA) is 40.5 Å². The van der Waals surface area contributed by atoms with Crippen molar-refractivity contribution in [3.05, 3.63) is 34.1 Å². The zero-order chi connectivity index (χ0) is 13.0. The van der Waals surface area contributed by atoms with Crippen molar-refractivity contribution < 1.29 is 14.3 Å². The maximum Gasteiger partial charge on any atom is 0.253 e. The Labute approximate surface area is 108 Å². The van der Waals surface area contributed by atoms with E-state index in [0.717, 1.165) is 0 Å². The Hall–Kier alpha value is -0.940. The molecule has 1 N–H and O–H groups in total. The Kier molecular flexibility index (Phi) is 5.08. The Bertz CT molecular complexity index is 409. The van der Waals surface area contributed by atoms with Crippen LogP contribution in [0.2, 0.25) is 0 Å². The fraction of sp³-hybridized carbons (Fsp3) is 0.417. The van der Waals surface area contributed by atoms with Crippen LogP contribution in [0.5, 0.6) is 0 Å². The number of aliphatic hydroxyl groups excluding tert-OH is 1. The van der Waals surface area contributed by atoms with Gasteiger partial charge in [-0.1, -0.05) is 0 Å². The molecule has 0 spiro atoms. The molecule has 1 atom stereocenters. The van der Waals surface area contributed by atoms with Crippen molar-refractivity contribution in [3.8, 4) is 0 Å². The predicted molar refractivity (Wildman–Crippen MR) is 67.4 cm³/mol. The number of benzene rings is 1. The van der Waals surface area contributed by atoms with Gasteiger partial charge in [-0.15, -0.1) is 0 Å². The van der Waals surface area contributed by atoms with Crippen molar-refractivity contribution in [1.82, 2.24) is 4.90 Å². The molecule has 0 saturated carbocycles. The van der Waals surface area contributed by atoms with Gasteiger partial charge in [0.05, 0.1) is 10.6 Å². The van der Waals surface area contributed by atoms with Gasteiger partial charge in [-0.2, -0.15) is 0 Å². The van der Waals surface area contributed by atoms with Crippen molar-refractivity contribution in [1.29, 1.82) is 0 Å². The first-order valence-electron chi connectivity index (χ1n) is 5.30. The number of carbonyl (C=O) groups is 1. The second-order valence-electron chi connectivity index (χ2n) is 3.99. The zero-order valence-electron chi connectivity index (χ0n) is 9.78. The summed E-state index contributed by atoms with van der Waals surface area (Å²) >= 11 is 3.04. The van der Waals surface area contributed by atoms with Gasteiger partial charge < -0.3 is 10.0 Å². The average molecular weight is 304 g/mol. The highest BCUT2D eigenvalue weighted by atomic mass is 79.9. The quantitative estimate of drug-likeness (QED) is 0.928. The van der Waals surface area contributed by atoms with E-state index in [4.69, 9.17) is 5.11 Å². The zero-order valence-corrected chi connectivity index (χ0v) is 11.4. The van der Waals surface area contributed by atoms with Crippen LogP contribution in [0.4, 0.5) is 4.39 Å². The van der Waals surface area contributed by atoms with Crippen LogP contribution in [0.3, 0.4) is 0 Å². The van der Waals surface area contributed by atoms with Crippen LogP contribution >= 0.6 is 15.9 Å². The number of halogens is 2. The van der Waals surface area contributed by atoms with Crippen LogP contribution in [0.1, 0.15) is 23.7 Å². The molecule has 17 heavy (non-hydrogen) atoms. The molecule has 0 aliphatic rings. The molecule has 94 valence electrons. The van der Waals surface area contributed by atoms with Crippen LogP contribution in [-0.2, 0) is 0 Å². The number of aliphatic hydroxyl groups is 1. The smallest absolute Gasteiger partial charge is 0.253 e. The van der Waals surface area contributed by atoms with E-state index in [1.54, 1.807) is 14.0 Å². The summed E-state index contributed by atoms with van der Waals surface area (Å²) in [4.78, 5) is 13.4. The molecule has 1 unspecified atom stereocenters. The number of amides is 1. The molecule has 0 bridgehead atoms. The lowest BCUT2D eigenvalue weighted by atomic mass is 10.2.